The number of aromatic nitrogens is 2. The van der Waals surface area contributed by atoms with E-state index < -0.39 is 0 Å². The number of nitrogens with two attached hydrogens (primary N) is 1. The number of rotatable bonds is 3. The first-order valence-corrected chi connectivity index (χ1v) is 6.75. The van der Waals surface area contributed by atoms with Crippen molar-refractivity contribution in [2.75, 3.05) is 51.2 Å². The van der Waals surface area contributed by atoms with Gasteiger partial charge in [0.2, 0.25) is 5.95 Å². The first kappa shape index (κ1) is 13.7. The highest BCUT2D eigenvalue weighted by Crippen LogP contribution is 2.35. The van der Waals surface area contributed by atoms with Crippen LogP contribution in [0.5, 0.6) is 11.5 Å². The van der Waals surface area contributed by atoms with E-state index in [1.807, 2.05) is 12.1 Å². The van der Waals surface area contributed by atoms with Crippen LogP contribution in [0.2, 0.25) is 0 Å². The van der Waals surface area contributed by atoms with Crippen molar-refractivity contribution in [3.63, 3.8) is 0 Å². The smallest absolute Gasteiger partial charge is 0.222 e. The second kappa shape index (κ2) is 5.61. The van der Waals surface area contributed by atoms with Crippen LogP contribution in [0.25, 0.3) is 10.9 Å². The van der Waals surface area contributed by atoms with Crippen LogP contribution in [0.15, 0.2) is 12.1 Å². The summed E-state index contributed by atoms with van der Waals surface area (Å²) < 4.78 is 16.1. The number of ether oxygens (including phenoxy) is 3. The Hall–Kier alpha value is -2.28. The fraction of sp³-hybridized carbons (Fsp3) is 0.429. The van der Waals surface area contributed by atoms with Crippen molar-refractivity contribution >= 4 is 22.7 Å². The van der Waals surface area contributed by atoms with Gasteiger partial charge in [-0.3, -0.25) is 0 Å². The second-order valence-corrected chi connectivity index (χ2v) is 4.73. The summed E-state index contributed by atoms with van der Waals surface area (Å²) in [5.41, 5.74) is 6.58. The monoisotopic (exact) mass is 290 g/mol. The quantitative estimate of drug-likeness (QED) is 0.905. The highest BCUT2D eigenvalue weighted by molar-refractivity contribution is 5.93. The molecule has 0 amide bonds. The third-order valence-corrected chi connectivity index (χ3v) is 3.51. The third-order valence-electron chi connectivity index (χ3n) is 3.51. The molecule has 3 rings (SSSR count). The summed E-state index contributed by atoms with van der Waals surface area (Å²) in [4.78, 5) is 10.8. The normalized spacial score (nSPS) is 15.2. The van der Waals surface area contributed by atoms with E-state index in [1.165, 1.54) is 0 Å². The van der Waals surface area contributed by atoms with Crippen molar-refractivity contribution in [3.05, 3.63) is 12.1 Å². The highest BCUT2D eigenvalue weighted by atomic mass is 16.5. The largest absolute Gasteiger partial charge is 0.493 e. The maximum Gasteiger partial charge on any atom is 0.222 e. The van der Waals surface area contributed by atoms with Crippen LogP contribution in [-0.4, -0.2) is 50.5 Å². The van der Waals surface area contributed by atoms with Crippen LogP contribution < -0.4 is 20.1 Å². The summed E-state index contributed by atoms with van der Waals surface area (Å²) in [6.45, 7) is 2.91. The Labute approximate surface area is 122 Å². The zero-order chi connectivity index (χ0) is 14.8. The molecule has 2 heterocycles. The van der Waals surface area contributed by atoms with Crippen LogP contribution >= 0.6 is 0 Å². The number of nitrogen functional groups attached to an aromatic ring is 1. The zero-order valence-corrected chi connectivity index (χ0v) is 12.1. The van der Waals surface area contributed by atoms with Gasteiger partial charge in [-0.2, -0.15) is 4.98 Å². The average molecular weight is 290 g/mol. The maximum absolute atomic E-state index is 5.84. The minimum absolute atomic E-state index is 0.246. The lowest BCUT2D eigenvalue weighted by Gasteiger charge is -2.28. The molecule has 0 atom stereocenters. The van der Waals surface area contributed by atoms with Crippen LogP contribution in [0.4, 0.5) is 11.8 Å². The standard InChI is InChI=1S/C14H18N4O3/c1-19-11-7-9-10(8-12(11)20-2)16-14(15)17-13(9)18-3-5-21-6-4-18/h7-8H,3-6H2,1-2H3,(H2,15,16,17). The van der Waals surface area contributed by atoms with Crippen LogP contribution in [-0.2, 0) is 4.74 Å². The van der Waals surface area contributed by atoms with E-state index in [0.29, 0.717) is 24.7 Å². The van der Waals surface area contributed by atoms with Gasteiger partial charge in [-0.05, 0) is 6.07 Å². The molecule has 2 N–H and O–H groups in total. The van der Waals surface area contributed by atoms with Crippen molar-refractivity contribution in [3.8, 4) is 11.5 Å². The van der Waals surface area contributed by atoms with E-state index in [-0.39, 0.29) is 5.95 Å². The Bertz CT molecular complexity index is 656. The van der Waals surface area contributed by atoms with Gasteiger partial charge in [-0.25, -0.2) is 4.98 Å². The topological polar surface area (TPSA) is 82.7 Å². The SMILES string of the molecule is COc1cc2nc(N)nc(N3CCOCC3)c2cc1OC. The Morgan fingerprint density at radius 2 is 1.76 bits per heavy atom. The molecular weight excluding hydrogens is 272 g/mol. The van der Waals surface area contributed by atoms with E-state index in [4.69, 9.17) is 19.9 Å². The molecule has 0 radical (unpaired) electrons. The maximum atomic E-state index is 5.84. The lowest BCUT2D eigenvalue weighted by molar-refractivity contribution is 0.122. The number of methoxy groups -OCH3 is 2. The summed E-state index contributed by atoms with van der Waals surface area (Å²) >= 11 is 0. The van der Waals surface area contributed by atoms with Gasteiger partial charge in [0.1, 0.15) is 5.82 Å². The Balaban J connectivity index is 2.18. The molecular formula is C14H18N4O3. The Morgan fingerprint density at radius 1 is 1.10 bits per heavy atom. The highest BCUT2D eigenvalue weighted by Gasteiger charge is 2.19. The van der Waals surface area contributed by atoms with E-state index in [0.717, 1.165) is 29.8 Å². The van der Waals surface area contributed by atoms with E-state index >= 15 is 0 Å². The zero-order valence-electron chi connectivity index (χ0n) is 12.1. The minimum atomic E-state index is 0.246. The van der Waals surface area contributed by atoms with Gasteiger partial charge in [-0.1, -0.05) is 0 Å². The van der Waals surface area contributed by atoms with Crippen molar-refractivity contribution in [1.82, 2.24) is 9.97 Å². The molecule has 1 aromatic heterocycles. The molecule has 1 fully saturated rings. The van der Waals surface area contributed by atoms with E-state index in [9.17, 15) is 0 Å². The lowest BCUT2D eigenvalue weighted by Crippen LogP contribution is -2.37. The van der Waals surface area contributed by atoms with Gasteiger partial charge in [0.05, 0.1) is 33.0 Å². The molecule has 0 bridgehead atoms. The average Bonchev–Trinajstić information content (AvgIpc) is 2.53. The van der Waals surface area contributed by atoms with Crippen molar-refractivity contribution in [2.45, 2.75) is 0 Å². The molecule has 112 valence electrons. The molecule has 7 heteroatoms. The molecule has 7 nitrogen and oxygen atoms in total. The summed E-state index contributed by atoms with van der Waals surface area (Å²) in [5.74, 6) is 2.32. The molecule has 1 aromatic carbocycles. The molecule has 0 saturated carbocycles. The number of hydrogen-bond donors (Lipinski definition) is 1. The molecule has 0 aliphatic carbocycles. The summed E-state index contributed by atoms with van der Waals surface area (Å²) in [6.07, 6.45) is 0. The molecule has 1 saturated heterocycles. The predicted molar refractivity (Wildman–Crippen MR) is 80.1 cm³/mol. The van der Waals surface area contributed by atoms with Crippen LogP contribution in [0.3, 0.4) is 0 Å². The van der Waals surface area contributed by atoms with Crippen molar-refractivity contribution < 1.29 is 14.2 Å². The van der Waals surface area contributed by atoms with E-state index in [2.05, 4.69) is 14.9 Å². The molecule has 1 aliphatic heterocycles. The number of nitrogens with zero attached hydrogens (tertiary/aromatic N) is 3. The molecule has 0 unspecified atom stereocenters. The number of fused-ring (bicyclic) bond motifs is 1. The Kier molecular flexibility index (Phi) is 3.66. The van der Waals surface area contributed by atoms with Crippen molar-refractivity contribution in [2.24, 2.45) is 0 Å². The number of anilines is 2. The number of benzene rings is 1. The summed E-state index contributed by atoms with van der Waals surface area (Å²) in [5, 5.41) is 0.892. The van der Waals surface area contributed by atoms with Gasteiger partial charge < -0.3 is 24.8 Å². The predicted octanol–water partition coefficient (Wildman–Crippen LogP) is 1.07. The van der Waals surface area contributed by atoms with Crippen LogP contribution in [0, 0.1) is 0 Å². The first-order chi connectivity index (χ1) is 10.2. The third kappa shape index (κ3) is 2.52. The van der Waals surface area contributed by atoms with Crippen molar-refractivity contribution in [1.29, 1.82) is 0 Å². The van der Waals surface area contributed by atoms with E-state index in [1.54, 1.807) is 14.2 Å². The summed E-state index contributed by atoms with van der Waals surface area (Å²) in [7, 11) is 3.20. The van der Waals surface area contributed by atoms with Gasteiger partial charge in [0.25, 0.3) is 0 Å². The number of hydrogen-bond acceptors (Lipinski definition) is 7. The molecule has 0 spiro atoms. The number of morpholine rings is 1. The van der Waals surface area contributed by atoms with Gasteiger partial charge in [0.15, 0.2) is 11.5 Å². The second-order valence-electron chi connectivity index (χ2n) is 4.73. The van der Waals surface area contributed by atoms with Gasteiger partial charge >= 0.3 is 0 Å². The minimum Gasteiger partial charge on any atom is -0.493 e. The lowest BCUT2D eigenvalue weighted by atomic mass is 10.2. The van der Waals surface area contributed by atoms with Gasteiger partial charge in [-0.15, -0.1) is 0 Å². The molecule has 1 aliphatic rings. The molecule has 21 heavy (non-hydrogen) atoms. The fourth-order valence-corrected chi connectivity index (χ4v) is 2.47. The Morgan fingerprint density at radius 3 is 2.43 bits per heavy atom. The first-order valence-electron chi connectivity index (χ1n) is 6.75. The summed E-state index contributed by atoms with van der Waals surface area (Å²) in [6, 6.07) is 3.70. The van der Waals surface area contributed by atoms with Crippen LogP contribution in [0.1, 0.15) is 0 Å². The fourth-order valence-electron chi connectivity index (χ4n) is 2.47. The molecule has 2 aromatic rings. The van der Waals surface area contributed by atoms with Gasteiger partial charge in [0, 0.05) is 24.5 Å².